The summed E-state index contributed by atoms with van der Waals surface area (Å²) in [5.74, 6) is -0.663. The Labute approximate surface area is 83.1 Å². The molecule has 0 fully saturated rings. The average Bonchev–Trinajstić information content (AvgIpc) is 2.14. The number of anilines is 1. The summed E-state index contributed by atoms with van der Waals surface area (Å²) >= 11 is 0. The van der Waals surface area contributed by atoms with Gasteiger partial charge in [-0.1, -0.05) is 0 Å². The predicted octanol–water partition coefficient (Wildman–Crippen LogP) is 2.67. The Morgan fingerprint density at radius 3 is 2.53 bits per heavy atom. The summed E-state index contributed by atoms with van der Waals surface area (Å²) in [6.45, 7) is -1.26. The van der Waals surface area contributed by atoms with Gasteiger partial charge in [0.1, 0.15) is 18.4 Å². The van der Waals surface area contributed by atoms with Gasteiger partial charge in [0.25, 0.3) is 0 Å². The molecule has 0 saturated carbocycles. The second-order valence-electron chi connectivity index (χ2n) is 2.77. The molecule has 0 unspecified atom stereocenters. The van der Waals surface area contributed by atoms with Crippen LogP contribution in [0.3, 0.4) is 0 Å². The van der Waals surface area contributed by atoms with Crippen molar-refractivity contribution in [3.63, 3.8) is 0 Å². The van der Waals surface area contributed by atoms with Gasteiger partial charge in [-0.15, -0.1) is 0 Å². The Hall–Kier alpha value is -1.77. The number of nitrogens with one attached hydrogen (secondary N) is 1. The lowest BCUT2D eigenvalue weighted by Crippen LogP contribution is -2.21. The van der Waals surface area contributed by atoms with Gasteiger partial charge >= 0.3 is 6.18 Å². The van der Waals surface area contributed by atoms with Gasteiger partial charge in [0.15, 0.2) is 0 Å². The molecule has 2 nitrogen and oxygen atoms in total. The standard InChI is InChI=1S/C9H6F4N2/c10-7-1-2-8(6(3-7)4-14)15-5-9(11,12)13/h1-3,15H,5H2. The fourth-order valence-electron chi connectivity index (χ4n) is 0.959. The molecule has 1 aromatic rings. The lowest BCUT2D eigenvalue weighted by Gasteiger charge is -2.10. The number of nitrogens with zero attached hydrogens (tertiary/aromatic N) is 1. The molecule has 1 rings (SSSR count). The molecule has 80 valence electrons. The number of alkyl halides is 3. The Kier molecular flexibility index (Phi) is 3.14. The van der Waals surface area contributed by atoms with Crippen LogP contribution in [-0.2, 0) is 0 Å². The molecule has 0 amide bonds. The van der Waals surface area contributed by atoms with Gasteiger partial charge in [-0.25, -0.2) is 4.39 Å². The molecular weight excluding hydrogens is 212 g/mol. The molecule has 1 N–H and O–H groups in total. The number of hydrogen-bond acceptors (Lipinski definition) is 2. The molecule has 0 heterocycles. The highest BCUT2D eigenvalue weighted by atomic mass is 19.4. The fourth-order valence-corrected chi connectivity index (χ4v) is 0.959. The third-order valence-electron chi connectivity index (χ3n) is 1.58. The molecule has 0 bridgehead atoms. The molecule has 0 saturated heterocycles. The maximum Gasteiger partial charge on any atom is 0.405 e. The molecule has 0 radical (unpaired) electrons. The van der Waals surface area contributed by atoms with Crippen LogP contribution < -0.4 is 5.32 Å². The van der Waals surface area contributed by atoms with Crippen LogP contribution in [0.1, 0.15) is 5.56 Å². The molecule has 0 spiro atoms. The Balaban J connectivity index is 2.82. The smallest absolute Gasteiger partial charge is 0.375 e. The summed E-state index contributed by atoms with van der Waals surface area (Å²) in [5.41, 5.74) is -0.185. The van der Waals surface area contributed by atoms with Gasteiger partial charge in [0.2, 0.25) is 0 Å². The van der Waals surface area contributed by atoms with E-state index in [2.05, 4.69) is 0 Å². The van der Waals surface area contributed by atoms with E-state index in [4.69, 9.17) is 5.26 Å². The van der Waals surface area contributed by atoms with Gasteiger partial charge < -0.3 is 5.32 Å². The van der Waals surface area contributed by atoms with Gasteiger partial charge in [0.05, 0.1) is 11.3 Å². The highest BCUT2D eigenvalue weighted by Crippen LogP contribution is 2.19. The van der Waals surface area contributed by atoms with Crippen LogP contribution in [0.15, 0.2) is 18.2 Å². The van der Waals surface area contributed by atoms with Crippen molar-refractivity contribution in [3.8, 4) is 6.07 Å². The normalized spacial score (nSPS) is 10.9. The van der Waals surface area contributed by atoms with E-state index < -0.39 is 18.5 Å². The van der Waals surface area contributed by atoms with Gasteiger partial charge in [-0.05, 0) is 18.2 Å². The molecule has 15 heavy (non-hydrogen) atoms. The maximum atomic E-state index is 12.6. The van der Waals surface area contributed by atoms with Crippen molar-refractivity contribution in [2.75, 3.05) is 11.9 Å². The average molecular weight is 218 g/mol. The summed E-state index contributed by atoms with van der Waals surface area (Å²) in [5, 5.41) is 10.6. The molecule has 0 aromatic heterocycles. The van der Waals surface area contributed by atoms with Crippen molar-refractivity contribution in [2.45, 2.75) is 6.18 Å². The van der Waals surface area contributed by atoms with E-state index in [0.29, 0.717) is 0 Å². The van der Waals surface area contributed by atoms with Crippen LogP contribution >= 0.6 is 0 Å². The van der Waals surface area contributed by atoms with E-state index in [0.717, 1.165) is 18.2 Å². The van der Waals surface area contributed by atoms with E-state index >= 15 is 0 Å². The minimum Gasteiger partial charge on any atom is -0.375 e. The second-order valence-corrected chi connectivity index (χ2v) is 2.77. The maximum absolute atomic E-state index is 12.6. The third kappa shape index (κ3) is 3.46. The number of halogens is 4. The number of benzene rings is 1. The topological polar surface area (TPSA) is 35.8 Å². The van der Waals surface area contributed by atoms with Crippen molar-refractivity contribution in [2.24, 2.45) is 0 Å². The minimum atomic E-state index is -4.37. The summed E-state index contributed by atoms with van der Waals surface area (Å²) in [6, 6.07) is 4.56. The van der Waals surface area contributed by atoms with Crippen LogP contribution in [0.4, 0.5) is 23.2 Å². The molecule has 0 aliphatic heterocycles. The van der Waals surface area contributed by atoms with E-state index in [-0.39, 0.29) is 11.3 Å². The molecule has 6 heteroatoms. The summed E-state index contributed by atoms with van der Waals surface area (Å²) < 4.78 is 48.1. The first-order chi connectivity index (χ1) is 6.92. The fraction of sp³-hybridized carbons (Fsp3) is 0.222. The summed E-state index contributed by atoms with van der Waals surface area (Å²) in [4.78, 5) is 0. The van der Waals surface area contributed by atoms with Gasteiger partial charge in [-0.3, -0.25) is 0 Å². The van der Waals surface area contributed by atoms with E-state index in [1.54, 1.807) is 6.07 Å². The largest absolute Gasteiger partial charge is 0.405 e. The Morgan fingerprint density at radius 2 is 2.00 bits per heavy atom. The summed E-state index contributed by atoms with van der Waals surface area (Å²) in [6.07, 6.45) is -4.37. The first kappa shape index (κ1) is 11.3. The van der Waals surface area contributed by atoms with Crippen LogP contribution in [0, 0.1) is 17.1 Å². The quantitative estimate of drug-likeness (QED) is 0.774. The SMILES string of the molecule is N#Cc1cc(F)ccc1NCC(F)(F)F. The van der Waals surface area contributed by atoms with Crippen LogP contribution in [0.5, 0.6) is 0 Å². The monoisotopic (exact) mass is 218 g/mol. The van der Waals surface area contributed by atoms with Crippen molar-refractivity contribution >= 4 is 5.69 Å². The van der Waals surface area contributed by atoms with Crippen LogP contribution in [0.2, 0.25) is 0 Å². The molecule has 0 aliphatic rings. The van der Waals surface area contributed by atoms with Gasteiger partial charge in [-0.2, -0.15) is 18.4 Å². The van der Waals surface area contributed by atoms with E-state index in [1.807, 2.05) is 5.32 Å². The number of nitriles is 1. The first-order valence-corrected chi connectivity index (χ1v) is 3.92. The molecule has 1 aromatic carbocycles. The third-order valence-corrected chi connectivity index (χ3v) is 1.58. The highest BCUT2D eigenvalue weighted by molar-refractivity contribution is 5.57. The zero-order valence-corrected chi connectivity index (χ0v) is 7.40. The zero-order valence-electron chi connectivity index (χ0n) is 7.40. The minimum absolute atomic E-state index is 0.0313. The predicted molar refractivity (Wildman–Crippen MR) is 45.7 cm³/mol. The molecule has 0 atom stereocenters. The summed E-state index contributed by atoms with van der Waals surface area (Å²) in [7, 11) is 0. The van der Waals surface area contributed by atoms with Crippen molar-refractivity contribution in [1.29, 1.82) is 5.26 Å². The van der Waals surface area contributed by atoms with E-state index in [9.17, 15) is 17.6 Å². The Morgan fingerprint density at radius 1 is 1.33 bits per heavy atom. The molecular formula is C9H6F4N2. The first-order valence-electron chi connectivity index (χ1n) is 3.92. The van der Waals surface area contributed by atoms with Gasteiger partial charge in [0, 0.05) is 0 Å². The van der Waals surface area contributed by atoms with E-state index in [1.165, 1.54) is 0 Å². The van der Waals surface area contributed by atoms with Crippen molar-refractivity contribution in [1.82, 2.24) is 0 Å². The molecule has 0 aliphatic carbocycles. The van der Waals surface area contributed by atoms with Crippen molar-refractivity contribution < 1.29 is 17.6 Å². The lowest BCUT2D eigenvalue weighted by atomic mass is 10.2. The second kappa shape index (κ2) is 4.17. The lowest BCUT2D eigenvalue weighted by molar-refractivity contribution is -0.115. The van der Waals surface area contributed by atoms with Crippen molar-refractivity contribution in [3.05, 3.63) is 29.6 Å². The van der Waals surface area contributed by atoms with Crippen LogP contribution in [0.25, 0.3) is 0 Å². The number of rotatable bonds is 2. The highest BCUT2D eigenvalue weighted by Gasteiger charge is 2.26. The zero-order chi connectivity index (χ0) is 11.5. The van der Waals surface area contributed by atoms with Crippen LogP contribution in [-0.4, -0.2) is 12.7 Å². The Bertz CT molecular complexity index is 392. The number of hydrogen-bond donors (Lipinski definition) is 1.